The van der Waals surface area contributed by atoms with Crippen LogP contribution in [0.4, 0.5) is 0 Å². The summed E-state index contributed by atoms with van der Waals surface area (Å²) in [6.45, 7) is 3.05. The zero-order valence-electron chi connectivity index (χ0n) is 15.7. The van der Waals surface area contributed by atoms with Gasteiger partial charge in [-0.25, -0.2) is 0 Å². The standard InChI is InChI=1S/C21H28N2O4/c24-20(22-18-3-4-18)6-2-15-1-5-19-17(13-15)14-23(9-12-27-19)21(25)16-7-10-26-11-8-16/h1,5,13,16,18H,2-4,6-12,14H2,(H,22,24). The molecule has 0 bridgehead atoms. The van der Waals surface area contributed by atoms with Gasteiger partial charge in [-0.15, -0.1) is 0 Å². The van der Waals surface area contributed by atoms with Crippen LogP contribution in [0.5, 0.6) is 5.75 Å². The summed E-state index contributed by atoms with van der Waals surface area (Å²) in [7, 11) is 0. The van der Waals surface area contributed by atoms with Crippen LogP contribution in [0.1, 0.15) is 43.2 Å². The maximum absolute atomic E-state index is 12.9. The van der Waals surface area contributed by atoms with E-state index in [4.69, 9.17) is 9.47 Å². The Balaban J connectivity index is 1.39. The van der Waals surface area contributed by atoms with Gasteiger partial charge in [-0.3, -0.25) is 9.59 Å². The molecule has 27 heavy (non-hydrogen) atoms. The molecule has 1 aromatic carbocycles. The van der Waals surface area contributed by atoms with Crippen molar-refractivity contribution in [1.29, 1.82) is 0 Å². The van der Waals surface area contributed by atoms with Gasteiger partial charge < -0.3 is 19.7 Å². The maximum atomic E-state index is 12.9. The number of nitrogens with zero attached hydrogens (tertiary/aromatic N) is 1. The van der Waals surface area contributed by atoms with Crippen LogP contribution in [0.3, 0.4) is 0 Å². The van der Waals surface area contributed by atoms with E-state index < -0.39 is 0 Å². The number of carbonyl (C=O) groups is 2. The van der Waals surface area contributed by atoms with E-state index in [1.165, 1.54) is 0 Å². The molecule has 0 unspecified atom stereocenters. The van der Waals surface area contributed by atoms with Crippen molar-refractivity contribution in [1.82, 2.24) is 10.2 Å². The van der Waals surface area contributed by atoms with Crippen LogP contribution in [0.15, 0.2) is 18.2 Å². The van der Waals surface area contributed by atoms with Crippen LogP contribution >= 0.6 is 0 Å². The van der Waals surface area contributed by atoms with E-state index in [0.717, 1.165) is 42.6 Å². The van der Waals surface area contributed by atoms with Crippen LogP contribution in [-0.2, 0) is 27.3 Å². The van der Waals surface area contributed by atoms with Crippen molar-refractivity contribution < 1.29 is 19.1 Å². The first kappa shape index (κ1) is 18.3. The molecule has 2 heterocycles. The first-order chi connectivity index (χ1) is 13.2. The van der Waals surface area contributed by atoms with Crippen LogP contribution in [0.25, 0.3) is 0 Å². The van der Waals surface area contributed by atoms with Crippen molar-refractivity contribution in [3.8, 4) is 5.75 Å². The number of carbonyl (C=O) groups excluding carboxylic acids is 2. The predicted molar refractivity (Wildman–Crippen MR) is 100 cm³/mol. The van der Waals surface area contributed by atoms with Crippen molar-refractivity contribution in [2.45, 2.75) is 51.1 Å². The monoisotopic (exact) mass is 372 g/mol. The van der Waals surface area contributed by atoms with Crippen LogP contribution < -0.4 is 10.1 Å². The third kappa shape index (κ3) is 4.80. The minimum absolute atomic E-state index is 0.0644. The number of hydrogen-bond donors (Lipinski definition) is 1. The zero-order valence-corrected chi connectivity index (χ0v) is 15.7. The van der Waals surface area contributed by atoms with Gasteiger partial charge in [-0.2, -0.15) is 0 Å². The van der Waals surface area contributed by atoms with Gasteiger partial charge in [0, 0.05) is 43.7 Å². The molecule has 2 amide bonds. The molecule has 4 rings (SSSR count). The SMILES string of the molecule is O=C(CCc1ccc2c(c1)CN(C(=O)C1CCOCC1)CCO2)NC1CC1. The lowest BCUT2D eigenvalue weighted by Gasteiger charge is -2.28. The zero-order chi connectivity index (χ0) is 18.6. The summed E-state index contributed by atoms with van der Waals surface area (Å²) in [6.07, 6.45) is 5.04. The minimum atomic E-state index is 0.0644. The van der Waals surface area contributed by atoms with E-state index in [1.54, 1.807) is 0 Å². The molecule has 1 saturated heterocycles. The molecule has 1 N–H and O–H groups in total. The summed E-state index contributed by atoms with van der Waals surface area (Å²) in [5.74, 6) is 1.25. The van der Waals surface area contributed by atoms with Crippen molar-refractivity contribution in [2.75, 3.05) is 26.4 Å². The van der Waals surface area contributed by atoms with Crippen LogP contribution in [0, 0.1) is 5.92 Å². The highest BCUT2D eigenvalue weighted by Gasteiger charge is 2.28. The second-order valence-corrected chi connectivity index (χ2v) is 7.78. The first-order valence-corrected chi connectivity index (χ1v) is 10.1. The Hall–Kier alpha value is -2.08. The summed E-state index contributed by atoms with van der Waals surface area (Å²) in [4.78, 5) is 26.7. The third-order valence-corrected chi connectivity index (χ3v) is 5.57. The van der Waals surface area contributed by atoms with Gasteiger partial charge in [0.05, 0.1) is 6.54 Å². The number of amides is 2. The first-order valence-electron chi connectivity index (χ1n) is 10.1. The van der Waals surface area contributed by atoms with Crippen molar-refractivity contribution >= 4 is 11.8 Å². The predicted octanol–water partition coefficient (Wildman–Crippen LogP) is 2.05. The van der Waals surface area contributed by atoms with E-state index in [1.807, 2.05) is 17.0 Å². The molecule has 3 aliphatic rings. The summed E-state index contributed by atoms with van der Waals surface area (Å²) in [5.41, 5.74) is 2.15. The number of rotatable bonds is 5. The molecule has 6 heteroatoms. The van der Waals surface area contributed by atoms with E-state index in [9.17, 15) is 9.59 Å². The largest absolute Gasteiger partial charge is 0.491 e. The number of hydrogen-bond acceptors (Lipinski definition) is 4. The lowest BCUT2D eigenvalue weighted by atomic mass is 9.98. The van der Waals surface area contributed by atoms with Gasteiger partial charge in [0.2, 0.25) is 11.8 Å². The number of benzene rings is 1. The lowest BCUT2D eigenvalue weighted by molar-refractivity contribution is -0.139. The molecular weight excluding hydrogens is 344 g/mol. The van der Waals surface area contributed by atoms with Gasteiger partial charge in [0.15, 0.2) is 0 Å². The van der Waals surface area contributed by atoms with Gasteiger partial charge in [0.25, 0.3) is 0 Å². The van der Waals surface area contributed by atoms with Crippen LogP contribution in [-0.4, -0.2) is 49.1 Å². The summed E-state index contributed by atoms with van der Waals surface area (Å²) < 4.78 is 11.2. The molecule has 146 valence electrons. The highest BCUT2D eigenvalue weighted by Crippen LogP contribution is 2.27. The fourth-order valence-corrected chi connectivity index (χ4v) is 3.78. The molecule has 1 aliphatic carbocycles. The number of fused-ring (bicyclic) bond motifs is 1. The Kier molecular flexibility index (Phi) is 5.62. The Morgan fingerprint density at radius 2 is 1.93 bits per heavy atom. The molecule has 2 fully saturated rings. The third-order valence-electron chi connectivity index (χ3n) is 5.57. The Morgan fingerprint density at radius 3 is 2.70 bits per heavy atom. The average Bonchev–Trinajstić information content (AvgIpc) is 3.52. The van der Waals surface area contributed by atoms with Crippen molar-refractivity contribution in [3.63, 3.8) is 0 Å². The minimum Gasteiger partial charge on any atom is -0.491 e. The van der Waals surface area contributed by atoms with Crippen LogP contribution in [0.2, 0.25) is 0 Å². The second kappa shape index (κ2) is 8.30. The Labute approximate surface area is 160 Å². The molecule has 0 atom stereocenters. The molecular formula is C21H28N2O4. The van der Waals surface area contributed by atoms with E-state index >= 15 is 0 Å². The number of nitrogens with one attached hydrogen (secondary N) is 1. The molecule has 6 nitrogen and oxygen atoms in total. The average molecular weight is 372 g/mol. The molecule has 1 saturated carbocycles. The lowest BCUT2D eigenvalue weighted by Crippen LogP contribution is -2.39. The second-order valence-electron chi connectivity index (χ2n) is 7.78. The highest BCUT2D eigenvalue weighted by atomic mass is 16.5. The van der Waals surface area contributed by atoms with E-state index in [-0.39, 0.29) is 17.7 Å². The fraction of sp³-hybridized carbons (Fsp3) is 0.619. The molecule has 0 spiro atoms. The number of aryl methyl sites for hydroxylation is 1. The fourth-order valence-electron chi connectivity index (χ4n) is 3.78. The summed E-state index contributed by atoms with van der Waals surface area (Å²) >= 11 is 0. The maximum Gasteiger partial charge on any atom is 0.226 e. The van der Waals surface area contributed by atoms with Gasteiger partial charge in [-0.1, -0.05) is 12.1 Å². The molecule has 1 aromatic rings. The van der Waals surface area contributed by atoms with Crippen molar-refractivity contribution in [2.24, 2.45) is 5.92 Å². The smallest absolute Gasteiger partial charge is 0.226 e. The molecule has 0 radical (unpaired) electrons. The van der Waals surface area contributed by atoms with Gasteiger partial charge in [0.1, 0.15) is 12.4 Å². The van der Waals surface area contributed by atoms with E-state index in [0.29, 0.717) is 51.8 Å². The summed E-state index contributed by atoms with van der Waals surface area (Å²) in [5, 5.41) is 3.03. The summed E-state index contributed by atoms with van der Waals surface area (Å²) in [6, 6.07) is 6.50. The normalized spacial score (nSPS) is 20.4. The Bertz CT molecular complexity index is 695. The molecule has 2 aliphatic heterocycles. The number of ether oxygens (including phenoxy) is 2. The van der Waals surface area contributed by atoms with Gasteiger partial charge >= 0.3 is 0 Å². The van der Waals surface area contributed by atoms with Crippen molar-refractivity contribution in [3.05, 3.63) is 29.3 Å². The Morgan fingerprint density at radius 1 is 1.11 bits per heavy atom. The quantitative estimate of drug-likeness (QED) is 0.859. The van der Waals surface area contributed by atoms with E-state index in [2.05, 4.69) is 11.4 Å². The highest BCUT2D eigenvalue weighted by molar-refractivity contribution is 5.79. The molecule has 0 aromatic heterocycles. The van der Waals surface area contributed by atoms with Gasteiger partial charge in [-0.05, 0) is 43.7 Å². The topological polar surface area (TPSA) is 67.9 Å².